The Balaban J connectivity index is 2.42. The molecule has 1 saturated heterocycles. The molecule has 0 aromatic heterocycles. The number of nitrogens with one attached hydrogen (secondary N) is 1. The van der Waals surface area contributed by atoms with Gasteiger partial charge in [-0.25, -0.2) is 0 Å². The number of nitrogens with two attached hydrogens (primary N) is 1. The highest BCUT2D eigenvalue weighted by molar-refractivity contribution is 5.84. The number of rotatable bonds is 3. The van der Waals surface area contributed by atoms with E-state index in [9.17, 15) is 9.59 Å². The van der Waals surface area contributed by atoms with Crippen molar-refractivity contribution in [2.45, 2.75) is 26.3 Å². The van der Waals surface area contributed by atoms with Gasteiger partial charge in [-0.05, 0) is 25.8 Å². The van der Waals surface area contributed by atoms with Gasteiger partial charge >= 0.3 is 0 Å². The molecule has 0 radical (unpaired) electrons. The van der Waals surface area contributed by atoms with Gasteiger partial charge in [0.25, 0.3) is 0 Å². The molecule has 2 amide bonds. The molecule has 2 atom stereocenters. The van der Waals surface area contributed by atoms with Crippen LogP contribution in [-0.2, 0) is 9.59 Å². The van der Waals surface area contributed by atoms with Crippen molar-refractivity contribution in [3.63, 3.8) is 0 Å². The summed E-state index contributed by atoms with van der Waals surface area (Å²) < 4.78 is 0. The Morgan fingerprint density at radius 1 is 1.53 bits per heavy atom. The third-order valence-electron chi connectivity index (χ3n) is 2.80. The first-order valence-corrected chi connectivity index (χ1v) is 5.28. The summed E-state index contributed by atoms with van der Waals surface area (Å²) in [4.78, 5) is 24.2. The lowest BCUT2D eigenvalue weighted by molar-refractivity contribution is -0.133. The van der Waals surface area contributed by atoms with Gasteiger partial charge in [0.2, 0.25) is 11.8 Å². The Morgan fingerprint density at radius 3 is 2.67 bits per heavy atom. The van der Waals surface area contributed by atoms with Crippen LogP contribution in [0.1, 0.15) is 20.3 Å². The fourth-order valence-electron chi connectivity index (χ4n) is 1.96. The topological polar surface area (TPSA) is 75.4 Å². The summed E-state index contributed by atoms with van der Waals surface area (Å²) in [6.45, 7) is 4.85. The SMILES string of the molecule is CC(=O)NCC(=O)N1CC(CN)CC1C. The molecule has 15 heavy (non-hydrogen) atoms. The monoisotopic (exact) mass is 213 g/mol. The second-order valence-corrected chi connectivity index (χ2v) is 4.14. The van der Waals surface area contributed by atoms with Gasteiger partial charge in [-0.1, -0.05) is 0 Å². The van der Waals surface area contributed by atoms with E-state index in [0.717, 1.165) is 13.0 Å². The van der Waals surface area contributed by atoms with Gasteiger partial charge in [-0.3, -0.25) is 9.59 Å². The van der Waals surface area contributed by atoms with Crippen molar-refractivity contribution < 1.29 is 9.59 Å². The maximum absolute atomic E-state index is 11.7. The first-order chi connectivity index (χ1) is 7.04. The van der Waals surface area contributed by atoms with Crippen molar-refractivity contribution in [1.29, 1.82) is 0 Å². The van der Waals surface area contributed by atoms with Crippen LogP contribution in [0.3, 0.4) is 0 Å². The van der Waals surface area contributed by atoms with E-state index in [2.05, 4.69) is 5.32 Å². The summed E-state index contributed by atoms with van der Waals surface area (Å²) in [5.74, 6) is 0.209. The standard InChI is InChI=1S/C10H19N3O2/c1-7-3-9(4-11)6-13(7)10(15)5-12-8(2)14/h7,9H,3-6,11H2,1-2H3,(H,12,14). The maximum Gasteiger partial charge on any atom is 0.242 e. The largest absolute Gasteiger partial charge is 0.347 e. The van der Waals surface area contributed by atoms with Crippen LogP contribution in [-0.4, -0.2) is 42.4 Å². The highest BCUT2D eigenvalue weighted by atomic mass is 16.2. The molecule has 0 aliphatic carbocycles. The molecule has 1 rings (SSSR count). The average molecular weight is 213 g/mol. The minimum absolute atomic E-state index is 0.0198. The number of carbonyl (C=O) groups excluding carboxylic acids is 2. The zero-order valence-electron chi connectivity index (χ0n) is 9.32. The van der Waals surface area contributed by atoms with E-state index in [0.29, 0.717) is 12.5 Å². The van der Waals surface area contributed by atoms with Crippen LogP contribution in [0.5, 0.6) is 0 Å². The van der Waals surface area contributed by atoms with Crippen molar-refractivity contribution >= 4 is 11.8 Å². The number of carbonyl (C=O) groups is 2. The second-order valence-electron chi connectivity index (χ2n) is 4.14. The summed E-state index contributed by atoms with van der Waals surface area (Å²) in [6.07, 6.45) is 0.961. The van der Waals surface area contributed by atoms with Gasteiger partial charge in [0.1, 0.15) is 0 Å². The van der Waals surface area contributed by atoms with E-state index in [4.69, 9.17) is 5.73 Å². The van der Waals surface area contributed by atoms with Crippen molar-refractivity contribution in [3.8, 4) is 0 Å². The molecule has 1 fully saturated rings. The highest BCUT2D eigenvalue weighted by Crippen LogP contribution is 2.21. The molecule has 5 heteroatoms. The fraction of sp³-hybridized carbons (Fsp3) is 0.800. The smallest absolute Gasteiger partial charge is 0.242 e. The highest BCUT2D eigenvalue weighted by Gasteiger charge is 2.31. The van der Waals surface area contributed by atoms with Gasteiger partial charge in [0.05, 0.1) is 6.54 Å². The van der Waals surface area contributed by atoms with E-state index < -0.39 is 0 Å². The summed E-state index contributed by atoms with van der Waals surface area (Å²) in [7, 11) is 0. The van der Waals surface area contributed by atoms with Crippen LogP contribution < -0.4 is 11.1 Å². The number of nitrogens with zero attached hydrogens (tertiary/aromatic N) is 1. The first kappa shape index (κ1) is 12.0. The Hall–Kier alpha value is -1.10. The maximum atomic E-state index is 11.7. The van der Waals surface area contributed by atoms with Crippen molar-refractivity contribution in [2.75, 3.05) is 19.6 Å². The predicted octanol–water partition coefficient (Wildman–Crippen LogP) is -0.682. The molecular formula is C10H19N3O2. The minimum atomic E-state index is -0.175. The molecule has 0 saturated carbocycles. The van der Waals surface area contributed by atoms with Crippen molar-refractivity contribution in [3.05, 3.63) is 0 Å². The summed E-state index contributed by atoms with van der Waals surface area (Å²) in [5, 5.41) is 2.51. The molecule has 86 valence electrons. The summed E-state index contributed by atoms with van der Waals surface area (Å²) >= 11 is 0. The normalized spacial score (nSPS) is 25.4. The first-order valence-electron chi connectivity index (χ1n) is 5.28. The van der Waals surface area contributed by atoms with Crippen molar-refractivity contribution in [1.82, 2.24) is 10.2 Å². The predicted molar refractivity (Wildman–Crippen MR) is 57.0 cm³/mol. The molecule has 0 aromatic carbocycles. The van der Waals surface area contributed by atoms with Gasteiger partial charge in [-0.15, -0.1) is 0 Å². The second kappa shape index (κ2) is 5.11. The van der Waals surface area contributed by atoms with E-state index >= 15 is 0 Å². The Labute approximate surface area is 90.0 Å². The number of hydrogen-bond acceptors (Lipinski definition) is 3. The molecule has 2 unspecified atom stereocenters. The molecule has 1 heterocycles. The van der Waals surface area contributed by atoms with E-state index in [1.165, 1.54) is 6.92 Å². The fourth-order valence-corrected chi connectivity index (χ4v) is 1.96. The lowest BCUT2D eigenvalue weighted by atomic mass is 10.1. The van der Waals surface area contributed by atoms with E-state index in [1.54, 1.807) is 4.90 Å². The Morgan fingerprint density at radius 2 is 2.20 bits per heavy atom. The number of hydrogen-bond donors (Lipinski definition) is 2. The number of amides is 2. The Bertz CT molecular complexity index is 255. The molecule has 5 nitrogen and oxygen atoms in total. The van der Waals surface area contributed by atoms with Gasteiger partial charge in [0.15, 0.2) is 0 Å². The summed E-state index contributed by atoms with van der Waals surface area (Å²) in [5.41, 5.74) is 5.57. The van der Waals surface area contributed by atoms with Gasteiger partial charge in [0, 0.05) is 19.5 Å². The van der Waals surface area contributed by atoms with E-state index in [1.807, 2.05) is 6.92 Å². The molecule has 0 aromatic rings. The van der Waals surface area contributed by atoms with Crippen LogP contribution in [0.15, 0.2) is 0 Å². The lowest BCUT2D eigenvalue weighted by Crippen LogP contribution is -2.41. The quantitative estimate of drug-likeness (QED) is 0.652. The zero-order chi connectivity index (χ0) is 11.4. The van der Waals surface area contributed by atoms with Crippen LogP contribution in [0, 0.1) is 5.92 Å². The molecular weight excluding hydrogens is 194 g/mol. The molecule has 0 bridgehead atoms. The van der Waals surface area contributed by atoms with Crippen LogP contribution in [0.25, 0.3) is 0 Å². The molecule has 0 spiro atoms. The average Bonchev–Trinajstić information content (AvgIpc) is 2.56. The molecule has 3 N–H and O–H groups in total. The van der Waals surface area contributed by atoms with E-state index in [-0.39, 0.29) is 24.4 Å². The third kappa shape index (κ3) is 3.20. The zero-order valence-corrected chi connectivity index (χ0v) is 9.32. The summed E-state index contributed by atoms with van der Waals surface area (Å²) in [6, 6.07) is 0.236. The van der Waals surface area contributed by atoms with Gasteiger partial charge < -0.3 is 16.0 Å². The van der Waals surface area contributed by atoms with Crippen LogP contribution >= 0.6 is 0 Å². The van der Waals surface area contributed by atoms with Crippen LogP contribution in [0.4, 0.5) is 0 Å². The minimum Gasteiger partial charge on any atom is -0.347 e. The van der Waals surface area contributed by atoms with Crippen molar-refractivity contribution in [2.24, 2.45) is 11.7 Å². The molecule has 1 aliphatic heterocycles. The lowest BCUT2D eigenvalue weighted by Gasteiger charge is -2.21. The number of likely N-dealkylation sites (tertiary alicyclic amines) is 1. The Kier molecular flexibility index (Phi) is 4.08. The molecule has 1 aliphatic rings. The van der Waals surface area contributed by atoms with Gasteiger partial charge in [-0.2, -0.15) is 0 Å². The third-order valence-corrected chi connectivity index (χ3v) is 2.80. The van der Waals surface area contributed by atoms with Crippen LogP contribution in [0.2, 0.25) is 0 Å².